The summed E-state index contributed by atoms with van der Waals surface area (Å²) in [5.41, 5.74) is 3.59. The van der Waals surface area contributed by atoms with Gasteiger partial charge in [-0.1, -0.05) is 29.8 Å². The minimum atomic E-state index is -0.181. The van der Waals surface area contributed by atoms with Gasteiger partial charge in [-0.05, 0) is 43.5 Å². The lowest BCUT2D eigenvalue weighted by Gasteiger charge is -2.20. The Labute approximate surface area is 147 Å². The van der Waals surface area contributed by atoms with E-state index in [1.807, 2.05) is 43.3 Å². The summed E-state index contributed by atoms with van der Waals surface area (Å²) in [7, 11) is 0. The van der Waals surface area contributed by atoms with E-state index < -0.39 is 0 Å². The number of nitriles is 3. The third-order valence-corrected chi connectivity index (χ3v) is 4.19. The summed E-state index contributed by atoms with van der Waals surface area (Å²) in [4.78, 5) is 11.5. The second kappa shape index (κ2) is 7.91. The molecule has 0 aliphatic rings. The van der Waals surface area contributed by atoms with Crippen LogP contribution >= 0.6 is 0 Å². The Morgan fingerprint density at radius 1 is 0.960 bits per heavy atom. The van der Waals surface area contributed by atoms with Crippen LogP contribution in [-0.4, -0.2) is 5.78 Å². The quantitative estimate of drug-likeness (QED) is 0.826. The number of rotatable bonds is 5. The maximum Gasteiger partial charge on any atom is 0.129 e. The van der Waals surface area contributed by atoms with Gasteiger partial charge in [0, 0.05) is 12.3 Å². The molecule has 0 saturated carbocycles. The molecular formula is C21H17N3O. The maximum absolute atomic E-state index is 11.5. The molecule has 0 N–H and O–H groups in total. The molecule has 2 rings (SSSR count). The zero-order valence-corrected chi connectivity index (χ0v) is 14.2. The fourth-order valence-electron chi connectivity index (χ4n) is 2.83. The van der Waals surface area contributed by atoms with E-state index in [1.165, 1.54) is 13.0 Å². The van der Waals surface area contributed by atoms with Crippen molar-refractivity contribution in [1.82, 2.24) is 0 Å². The largest absolute Gasteiger partial charge is 0.300 e. The third kappa shape index (κ3) is 4.11. The minimum absolute atomic E-state index is 0.0739. The van der Waals surface area contributed by atoms with Gasteiger partial charge in [-0.25, -0.2) is 0 Å². The Balaban J connectivity index is 2.63. The Hall–Kier alpha value is -3.42. The van der Waals surface area contributed by atoms with Crippen LogP contribution < -0.4 is 0 Å². The van der Waals surface area contributed by atoms with Crippen LogP contribution in [0, 0.1) is 40.9 Å². The highest BCUT2D eigenvalue weighted by atomic mass is 16.1. The fourth-order valence-corrected chi connectivity index (χ4v) is 2.83. The maximum atomic E-state index is 11.5. The zero-order chi connectivity index (χ0) is 18.4. The summed E-state index contributed by atoms with van der Waals surface area (Å²) in [6.07, 6.45) is 0.926. The van der Waals surface area contributed by atoms with Crippen molar-refractivity contribution in [3.63, 3.8) is 0 Å². The van der Waals surface area contributed by atoms with Crippen LogP contribution in [0.2, 0.25) is 0 Å². The lowest BCUT2D eigenvalue weighted by molar-refractivity contribution is -0.117. The molecule has 0 fully saturated rings. The summed E-state index contributed by atoms with van der Waals surface area (Å²) >= 11 is 0. The van der Waals surface area contributed by atoms with Crippen molar-refractivity contribution >= 4 is 5.78 Å². The van der Waals surface area contributed by atoms with E-state index in [0.29, 0.717) is 24.0 Å². The van der Waals surface area contributed by atoms with Crippen molar-refractivity contribution in [3.05, 3.63) is 69.8 Å². The molecule has 122 valence electrons. The molecule has 1 unspecified atom stereocenters. The lowest BCUT2D eigenvalue weighted by atomic mass is 9.83. The number of carbonyl (C=O) groups is 1. The first-order valence-electron chi connectivity index (χ1n) is 7.94. The second-order valence-corrected chi connectivity index (χ2v) is 6.02. The van der Waals surface area contributed by atoms with Crippen LogP contribution in [0.25, 0.3) is 0 Å². The normalized spacial score (nSPS) is 11.0. The van der Waals surface area contributed by atoms with Crippen molar-refractivity contribution in [2.24, 2.45) is 0 Å². The fraction of sp³-hybridized carbons (Fsp3) is 0.238. The molecule has 0 aromatic heterocycles. The van der Waals surface area contributed by atoms with Gasteiger partial charge >= 0.3 is 0 Å². The van der Waals surface area contributed by atoms with Crippen molar-refractivity contribution in [2.75, 3.05) is 0 Å². The molecule has 4 heteroatoms. The number of hydrogen-bond donors (Lipinski definition) is 0. The van der Waals surface area contributed by atoms with Gasteiger partial charge in [0.2, 0.25) is 0 Å². The van der Waals surface area contributed by atoms with Crippen LogP contribution in [0.4, 0.5) is 0 Å². The number of nitrogens with zero attached hydrogens (tertiary/aromatic N) is 3. The number of hydrogen-bond acceptors (Lipinski definition) is 4. The van der Waals surface area contributed by atoms with Crippen LogP contribution in [0.3, 0.4) is 0 Å². The Kier molecular flexibility index (Phi) is 5.67. The number of aryl methyl sites for hydroxylation is 1. The van der Waals surface area contributed by atoms with E-state index in [4.69, 9.17) is 5.26 Å². The van der Waals surface area contributed by atoms with E-state index in [1.54, 1.807) is 6.07 Å². The summed E-state index contributed by atoms with van der Waals surface area (Å²) in [5.74, 6) is -0.108. The first kappa shape index (κ1) is 17.9. The molecule has 2 aromatic carbocycles. The molecule has 25 heavy (non-hydrogen) atoms. The monoisotopic (exact) mass is 327 g/mol. The summed E-state index contributed by atoms with van der Waals surface area (Å²) < 4.78 is 0. The van der Waals surface area contributed by atoms with Crippen LogP contribution in [-0.2, 0) is 4.79 Å². The zero-order valence-electron chi connectivity index (χ0n) is 14.2. The molecule has 0 spiro atoms. The number of Topliss-reactive ketones (excluding diaryl/α,β-unsaturated/α-hetero) is 1. The molecule has 0 heterocycles. The Morgan fingerprint density at radius 2 is 1.52 bits per heavy atom. The average molecular weight is 327 g/mol. The average Bonchev–Trinajstić information content (AvgIpc) is 2.62. The highest BCUT2D eigenvalue weighted by Gasteiger charge is 2.21. The van der Waals surface area contributed by atoms with Gasteiger partial charge in [-0.3, -0.25) is 0 Å². The number of carbonyl (C=O) groups excluding carboxylic acids is 1. The molecule has 0 radical (unpaired) electrons. The van der Waals surface area contributed by atoms with Crippen molar-refractivity contribution in [1.29, 1.82) is 15.8 Å². The molecule has 0 bridgehead atoms. The van der Waals surface area contributed by atoms with Gasteiger partial charge in [-0.15, -0.1) is 0 Å². The Bertz CT molecular complexity index is 922. The van der Waals surface area contributed by atoms with Crippen LogP contribution in [0.5, 0.6) is 0 Å². The highest BCUT2D eigenvalue weighted by molar-refractivity contribution is 5.75. The summed E-state index contributed by atoms with van der Waals surface area (Å²) in [6, 6.07) is 17.1. The van der Waals surface area contributed by atoms with E-state index in [0.717, 1.165) is 11.1 Å². The van der Waals surface area contributed by atoms with Gasteiger partial charge in [0.1, 0.15) is 17.9 Å². The first-order chi connectivity index (χ1) is 12.0. The van der Waals surface area contributed by atoms with E-state index in [2.05, 4.69) is 6.07 Å². The molecule has 2 aromatic rings. The SMILES string of the molecule is CC(=O)CCC(c1ccc(C)cc1)c1cc(C#N)c(C#N)cc1C#N. The minimum Gasteiger partial charge on any atom is -0.300 e. The van der Waals surface area contributed by atoms with E-state index in [9.17, 15) is 15.3 Å². The highest BCUT2D eigenvalue weighted by Crippen LogP contribution is 2.33. The summed E-state index contributed by atoms with van der Waals surface area (Å²) in [6.45, 7) is 3.53. The first-order valence-corrected chi connectivity index (χ1v) is 7.94. The van der Waals surface area contributed by atoms with Gasteiger partial charge in [-0.2, -0.15) is 15.8 Å². The molecule has 0 aliphatic carbocycles. The number of ketones is 1. The van der Waals surface area contributed by atoms with Crippen molar-refractivity contribution in [3.8, 4) is 18.2 Å². The van der Waals surface area contributed by atoms with Crippen molar-refractivity contribution in [2.45, 2.75) is 32.6 Å². The topological polar surface area (TPSA) is 88.4 Å². The van der Waals surface area contributed by atoms with Crippen molar-refractivity contribution < 1.29 is 4.79 Å². The Morgan fingerprint density at radius 3 is 2.04 bits per heavy atom. The molecule has 0 amide bonds. The van der Waals surface area contributed by atoms with Crippen LogP contribution in [0.15, 0.2) is 36.4 Å². The van der Waals surface area contributed by atoms with Gasteiger partial charge in [0.25, 0.3) is 0 Å². The standard InChI is InChI=1S/C21H17N3O/c1-14-3-6-16(7-4-14)20(8-5-15(2)25)21-10-18(12-23)17(11-22)9-19(21)13-24/h3-4,6-7,9-10,20H,5,8H2,1-2H3. The van der Waals surface area contributed by atoms with E-state index in [-0.39, 0.29) is 22.8 Å². The summed E-state index contributed by atoms with van der Waals surface area (Å²) in [5, 5.41) is 28.0. The molecular weight excluding hydrogens is 310 g/mol. The van der Waals surface area contributed by atoms with Gasteiger partial charge in [0.05, 0.1) is 22.8 Å². The molecule has 1 atom stereocenters. The predicted octanol–water partition coefficient (Wildman–Crippen LogP) is 4.11. The molecule has 0 aliphatic heterocycles. The second-order valence-electron chi connectivity index (χ2n) is 6.02. The van der Waals surface area contributed by atoms with E-state index >= 15 is 0 Å². The predicted molar refractivity (Wildman–Crippen MR) is 93.5 cm³/mol. The van der Waals surface area contributed by atoms with Gasteiger partial charge in [0.15, 0.2) is 0 Å². The van der Waals surface area contributed by atoms with Gasteiger partial charge < -0.3 is 4.79 Å². The smallest absolute Gasteiger partial charge is 0.129 e. The molecule has 0 saturated heterocycles. The third-order valence-electron chi connectivity index (χ3n) is 4.19. The number of benzene rings is 2. The lowest BCUT2D eigenvalue weighted by Crippen LogP contribution is -2.07. The molecule has 4 nitrogen and oxygen atoms in total. The van der Waals surface area contributed by atoms with Crippen LogP contribution in [0.1, 0.15) is 59.1 Å².